The molecule has 2 aliphatic rings. The largest absolute Gasteiger partial charge is 0.388 e. The van der Waals surface area contributed by atoms with E-state index in [1.807, 2.05) is 0 Å². The number of allylic oxidation sites excluding steroid dienone is 2. The van der Waals surface area contributed by atoms with Crippen LogP contribution in [0.25, 0.3) is 0 Å². The Bertz CT molecular complexity index is 274. The predicted molar refractivity (Wildman–Crippen MR) is 61.5 cm³/mol. The number of carbonyl (C=O) groups is 1. The lowest BCUT2D eigenvalue weighted by Gasteiger charge is -2.28. The molecule has 0 aliphatic heterocycles. The van der Waals surface area contributed by atoms with Gasteiger partial charge in [-0.3, -0.25) is 4.79 Å². The Morgan fingerprint density at radius 3 is 2.60 bits per heavy atom. The number of ketones is 1. The van der Waals surface area contributed by atoms with Gasteiger partial charge in [-0.25, -0.2) is 0 Å². The fourth-order valence-electron chi connectivity index (χ4n) is 2.82. The van der Waals surface area contributed by atoms with Crippen molar-refractivity contribution in [2.75, 3.05) is 6.54 Å². The Morgan fingerprint density at radius 1 is 1.33 bits per heavy atom. The average molecular weight is 207 g/mol. The normalized spacial score (nSPS) is 24.3. The van der Waals surface area contributed by atoms with Gasteiger partial charge in [-0.15, -0.1) is 0 Å². The molecule has 1 N–H and O–H groups in total. The molecule has 0 unspecified atom stereocenters. The zero-order valence-electron chi connectivity index (χ0n) is 9.64. The first-order chi connectivity index (χ1) is 7.24. The molecule has 2 nitrogen and oxygen atoms in total. The Labute approximate surface area is 92.1 Å². The molecular weight excluding hydrogens is 186 g/mol. The lowest BCUT2D eigenvalue weighted by Crippen LogP contribution is -2.30. The third kappa shape index (κ3) is 2.42. The Balaban J connectivity index is 1.86. The van der Waals surface area contributed by atoms with Crippen LogP contribution in [0, 0.1) is 5.41 Å². The molecule has 2 aliphatic carbocycles. The van der Waals surface area contributed by atoms with Crippen molar-refractivity contribution in [3.05, 3.63) is 11.8 Å². The summed E-state index contributed by atoms with van der Waals surface area (Å²) in [6, 6.07) is 0. The minimum absolute atomic E-state index is 0.287. The highest BCUT2D eigenvalue weighted by atomic mass is 16.1. The van der Waals surface area contributed by atoms with E-state index in [-0.39, 0.29) is 5.78 Å². The lowest BCUT2D eigenvalue weighted by molar-refractivity contribution is -0.114. The summed E-state index contributed by atoms with van der Waals surface area (Å²) in [5.41, 5.74) is 1.69. The Morgan fingerprint density at radius 2 is 2.07 bits per heavy atom. The quantitative estimate of drug-likeness (QED) is 0.768. The number of carbonyl (C=O) groups excluding carboxylic acids is 1. The van der Waals surface area contributed by atoms with Gasteiger partial charge in [0.2, 0.25) is 0 Å². The van der Waals surface area contributed by atoms with Crippen LogP contribution < -0.4 is 5.32 Å². The van der Waals surface area contributed by atoms with Crippen molar-refractivity contribution in [3.63, 3.8) is 0 Å². The molecule has 0 spiro atoms. The number of hydrogen-bond donors (Lipinski definition) is 1. The van der Waals surface area contributed by atoms with Crippen molar-refractivity contribution >= 4 is 5.78 Å². The molecule has 0 atom stereocenters. The van der Waals surface area contributed by atoms with E-state index in [4.69, 9.17) is 0 Å². The second-order valence-corrected chi connectivity index (χ2v) is 5.05. The monoisotopic (exact) mass is 207 g/mol. The first kappa shape index (κ1) is 10.7. The molecule has 15 heavy (non-hydrogen) atoms. The van der Waals surface area contributed by atoms with Crippen molar-refractivity contribution in [2.45, 2.75) is 51.9 Å². The minimum atomic E-state index is 0.287. The maximum atomic E-state index is 11.1. The molecule has 1 fully saturated rings. The van der Waals surface area contributed by atoms with E-state index < -0.39 is 0 Å². The summed E-state index contributed by atoms with van der Waals surface area (Å²) in [5, 5.41) is 3.49. The summed E-state index contributed by atoms with van der Waals surface area (Å²) in [6.45, 7) is 3.36. The van der Waals surface area contributed by atoms with Gasteiger partial charge >= 0.3 is 0 Å². The first-order valence-corrected chi connectivity index (χ1v) is 6.21. The fraction of sp³-hybridized carbons (Fsp3) is 0.769. The van der Waals surface area contributed by atoms with E-state index in [2.05, 4.69) is 12.2 Å². The molecule has 0 amide bonds. The zero-order chi connectivity index (χ0) is 10.7. The van der Waals surface area contributed by atoms with Crippen LogP contribution >= 0.6 is 0 Å². The van der Waals surface area contributed by atoms with Gasteiger partial charge in [-0.2, -0.15) is 0 Å². The number of nitrogens with one attached hydrogen (secondary N) is 1. The highest BCUT2D eigenvalue weighted by Gasteiger charge is 2.31. The maximum absolute atomic E-state index is 11.1. The van der Waals surface area contributed by atoms with E-state index in [0.717, 1.165) is 13.0 Å². The summed E-state index contributed by atoms with van der Waals surface area (Å²) >= 11 is 0. The molecule has 0 aromatic rings. The van der Waals surface area contributed by atoms with E-state index >= 15 is 0 Å². The van der Waals surface area contributed by atoms with Gasteiger partial charge in [0.05, 0.1) is 0 Å². The molecule has 2 rings (SSSR count). The summed E-state index contributed by atoms with van der Waals surface area (Å²) < 4.78 is 0. The molecule has 1 saturated carbocycles. The average Bonchev–Trinajstić information content (AvgIpc) is 2.85. The van der Waals surface area contributed by atoms with Crippen LogP contribution in [0.3, 0.4) is 0 Å². The van der Waals surface area contributed by atoms with E-state index in [0.29, 0.717) is 11.8 Å². The second-order valence-electron chi connectivity index (χ2n) is 5.05. The molecule has 0 aromatic carbocycles. The third-order valence-electron chi connectivity index (χ3n) is 4.08. The molecule has 0 aromatic heterocycles. The van der Waals surface area contributed by atoms with Crippen molar-refractivity contribution in [3.8, 4) is 0 Å². The third-order valence-corrected chi connectivity index (χ3v) is 4.08. The molecule has 0 radical (unpaired) electrons. The smallest absolute Gasteiger partial charge is 0.157 e. The van der Waals surface area contributed by atoms with Crippen LogP contribution in [0.5, 0.6) is 0 Å². The molecule has 84 valence electrons. The van der Waals surface area contributed by atoms with Gasteiger partial charge < -0.3 is 5.32 Å². The van der Waals surface area contributed by atoms with Crippen LogP contribution in [-0.2, 0) is 4.79 Å². The minimum Gasteiger partial charge on any atom is -0.388 e. The zero-order valence-corrected chi connectivity index (χ0v) is 9.64. The van der Waals surface area contributed by atoms with Crippen LogP contribution in [0.1, 0.15) is 51.9 Å². The molecule has 0 saturated heterocycles. The topological polar surface area (TPSA) is 29.1 Å². The number of rotatable bonds is 4. The fourth-order valence-corrected chi connectivity index (χ4v) is 2.82. The molecule has 0 heterocycles. The molecular formula is C13H21NO. The summed E-state index contributed by atoms with van der Waals surface area (Å²) in [4.78, 5) is 11.1. The maximum Gasteiger partial charge on any atom is 0.157 e. The summed E-state index contributed by atoms with van der Waals surface area (Å²) in [7, 11) is 0. The van der Waals surface area contributed by atoms with Crippen LogP contribution in [0.15, 0.2) is 11.8 Å². The van der Waals surface area contributed by atoms with Gasteiger partial charge in [0.25, 0.3) is 0 Å². The Kier molecular flexibility index (Phi) is 3.13. The van der Waals surface area contributed by atoms with Crippen molar-refractivity contribution in [1.82, 2.24) is 5.32 Å². The van der Waals surface area contributed by atoms with Gasteiger partial charge in [0.1, 0.15) is 0 Å². The van der Waals surface area contributed by atoms with Crippen LogP contribution in [0.2, 0.25) is 0 Å². The predicted octanol–water partition coefficient (Wildman–Crippen LogP) is 2.79. The van der Waals surface area contributed by atoms with E-state index in [9.17, 15) is 4.79 Å². The van der Waals surface area contributed by atoms with Crippen molar-refractivity contribution < 1.29 is 4.79 Å². The Hall–Kier alpha value is -0.790. The van der Waals surface area contributed by atoms with Crippen LogP contribution in [-0.4, -0.2) is 12.3 Å². The first-order valence-electron chi connectivity index (χ1n) is 6.21. The lowest BCUT2D eigenvalue weighted by atomic mass is 9.83. The van der Waals surface area contributed by atoms with Crippen LogP contribution in [0.4, 0.5) is 0 Å². The van der Waals surface area contributed by atoms with E-state index in [1.54, 1.807) is 6.08 Å². The highest BCUT2D eigenvalue weighted by Crippen LogP contribution is 2.40. The van der Waals surface area contributed by atoms with Crippen molar-refractivity contribution in [2.24, 2.45) is 5.41 Å². The van der Waals surface area contributed by atoms with Gasteiger partial charge in [-0.05, 0) is 31.1 Å². The molecule has 2 heteroatoms. The summed E-state index contributed by atoms with van der Waals surface area (Å²) in [5.74, 6) is 0.287. The van der Waals surface area contributed by atoms with Gasteiger partial charge in [0.15, 0.2) is 5.78 Å². The van der Waals surface area contributed by atoms with Gasteiger partial charge in [-0.1, -0.05) is 19.8 Å². The van der Waals surface area contributed by atoms with E-state index in [1.165, 1.54) is 37.8 Å². The molecule has 0 bridgehead atoms. The van der Waals surface area contributed by atoms with Crippen molar-refractivity contribution in [1.29, 1.82) is 0 Å². The standard InChI is InChI=1S/C13H21NO/c1-2-13(7-3-4-8-13)10-14-11-5-6-12(15)9-11/h9,14H,2-8,10H2,1H3. The number of hydrogen-bond acceptors (Lipinski definition) is 2. The van der Waals surface area contributed by atoms with Gasteiger partial charge in [0, 0.05) is 24.7 Å². The second kappa shape index (κ2) is 4.38. The highest BCUT2D eigenvalue weighted by molar-refractivity contribution is 5.92. The SMILES string of the molecule is CCC1(CNC2=CC(=O)CC2)CCCC1. The summed E-state index contributed by atoms with van der Waals surface area (Å²) in [6.07, 6.45) is 10.2.